The molecule has 0 unspecified atom stereocenters. The van der Waals surface area contributed by atoms with Gasteiger partial charge in [0.05, 0.1) is 0 Å². The van der Waals surface area contributed by atoms with Crippen molar-refractivity contribution in [2.75, 3.05) is 37.7 Å². The minimum absolute atomic E-state index is 0.0368. The van der Waals surface area contributed by atoms with Crippen molar-refractivity contribution >= 4 is 27.7 Å². The Bertz CT molecular complexity index is 463. The van der Waals surface area contributed by atoms with Crippen LogP contribution in [0.15, 0.2) is 16.7 Å². The number of pyridine rings is 1. The quantitative estimate of drug-likeness (QED) is 0.775. The number of hydrogen-bond donors (Lipinski definition) is 0. The van der Waals surface area contributed by atoms with Crippen molar-refractivity contribution in [2.45, 2.75) is 13.8 Å². The van der Waals surface area contributed by atoms with Gasteiger partial charge in [0.15, 0.2) is 18.2 Å². The van der Waals surface area contributed by atoms with Gasteiger partial charge in [-0.2, -0.15) is 0 Å². The second-order valence-electron chi connectivity index (χ2n) is 4.32. The van der Waals surface area contributed by atoms with Crippen LogP contribution in [0.25, 0.3) is 0 Å². The van der Waals surface area contributed by atoms with Gasteiger partial charge >= 0.3 is 0 Å². The van der Waals surface area contributed by atoms with Gasteiger partial charge in [-0.05, 0) is 41.2 Å². The van der Waals surface area contributed by atoms with Crippen molar-refractivity contribution in [1.82, 2.24) is 9.88 Å². The Morgan fingerprint density at radius 1 is 1.42 bits per heavy atom. The average Bonchev–Trinajstić information content (AvgIpc) is 2.42. The Balaban J connectivity index is 2.16. The van der Waals surface area contributed by atoms with Crippen LogP contribution in [-0.4, -0.2) is 48.6 Å². The summed E-state index contributed by atoms with van der Waals surface area (Å²) in [5, 5.41) is 0. The Labute approximate surface area is 121 Å². The van der Waals surface area contributed by atoms with E-state index in [2.05, 4.69) is 39.7 Å². The largest absolute Gasteiger partial charge is 0.480 e. The van der Waals surface area contributed by atoms with E-state index in [-0.39, 0.29) is 12.5 Å². The zero-order valence-electron chi connectivity index (χ0n) is 11.2. The molecule has 5 nitrogen and oxygen atoms in total. The highest BCUT2D eigenvalue weighted by atomic mass is 79.9. The fourth-order valence-electron chi connectivity index (χ4n) is 2.07. The third-order valence-electron chi connectivity index (χ3n) is 3.25. The van der Waals surface area contributed by atoms with Gasteiger partial charge in [0.2, 0.25) is 0 Å². The lowest BCUT2D eigenvalue weighted by molar-refractivity contribution is -0.121. The Morgan fingerprint density at radius 3 is 2.84 bits per heavy atom. The molecule has 0 aromatic carbocycles. The Morgan fingerprint density at radius 2 is 2.16 bits per heavy atom. The van der Waals surface area contributed by atoms with Crippen LogP contribution in [0.2, 0.25) is 0 Å². The summed E-state index contributed by atoms with van der Waals surface area (Å²) < 4.78 is 6.10. The molecule has 0 saturated heterocycles. The molecule has 0 saturated carbocycles. The predicted molar refractivity (Wildman–Crippen MR) is 77.6 cm³/mol. The summed E-state index contributed by atoms with van der Waals surface area (Å²) in [5.74, 6) is 1.24. The molecule has 19 heavy (non-hydrogen) atoms. The minimum Gasteiger partial charge on any atom is -0.480 e. The van der Waals surface area contributed by atoms with Gasteiger partial charge in [-0.25, -0.2) is 4.98 Å². The fraction of sp³-hybridized carbons (Fsp3) is 0.538. The molecule has 1 aliphatic heterocycles. The Kier molecular flexibility index (Phi) is 4.76. The molecule has 0 aliphatic carbocycles. The maximum Gasteiger partial charge on any atom is 0.266 e. The van der Waals surface area contributed by atoms with Crippen molar-refractivity contribution in [3.8, 4) is 5.75 Å². The number of fused-ring (bicyclic) bond motifs is 1. The number of ether oxygens (including phenoxy) is 1. The zero-order chi connectivity index (χ0) is 13.8. The molecule has 0 radical (unpaired) electrons. The molecular weight excluding hydrogens is 310 g/mol. The molecule has 1 amide bonds. The lowest BCUT2D eigenvalue weighted by Gasteiger charge is -2.30. The lowest BCUT2D eigenvalue weighted by Crippen LogP contribution is -2.44. The molecule has 1 aromatic rings. The second-order valence-corrected chi connectivity index (χ2v) is 5.13. The second kappa shape index (κ2) is 6.34. The number of likely N-dealkylation sites (N-methyl/N-ethyl adjacent to an activating group) is 1. The fourth-order valence-corrected chi connectivity index (χ4v) is 2.37. The van der Waals surface area contributed by atoms with E-state index in [1.807, 2.05) is 12.1 Å². The van der Waals surface area contributed by atoms with Gasteiger partial charge < -0.3 is 9.64 Å². The Hall–Kier alpha value is -1.14. The van der Waals surface area contributed by atoms with Crippen LogP contribution >= 0.6 is 15.9 Å². The van der Waals surface area contributed by atoms with E-state index in [4.69, 9.17) is 4.74 Å². The van der Waals surface area contributed by atoms with Gasteiger partial charge in [-0.15, -0.1) is 0 Å². The molecule has 0 bridgehead atoms. The van der Waals surface area contributed by atoms with Crippen LogP contribution in [0, 0.1) is 0 Å². The van der Waals surface area contributed by atoms with Gasteiger partial charge in [0, 0.05) is 13.1 Å². The van der Waals surface area contributed by atoms with E-state index in [1.165, 1.54) is 0 Å². The maximum atomic E-state index is 12.0. The smallest absolute Gasteiger partial charge is 0.266 e. The van der Waals surface area contributed by atoms with Crippen LogP contribution in [0.3, 0.4) is 0 Å². The number of nitrogens with zero attached hydrogens (tertiary/aromatic N) is 3. The molecular formula is C13H18BrN3O2. The molecule has 1 aliphatic rings. The van der Waals surface area contributed by atoms with Crippen molar-refractivity contribution in [3.63, 3.8) is 0 Å². The summed E-state index contributed by atoms with van der Waals surface area (Å²) in [7, 11) is 0. The maximum absolute atomic E-state index is 12.0. The van der Waals surface area contributed by atoms with Gasteiger partial charge in [0.1, 0.15) is 4.60 Å². The minimum atomic E-state index is -0.0368. The first-order chi connectivity index (χ1) is 9.15. The summed E-state index contributed by atoms with van der Waals surface area (Å²) in [6, 6.07) is 3.65. The van der Waals surface area contributed by atoms with Gasteiger partial charge in [0.25, 0.3) is 5.91 Å². The monoisotopic (exact) mass is 327 g/mol. The highest BCUT2D eigenvalue weighted by Gasteiger charge is 2.27. The van der Waals surface area contributed by atoms with E-state index < -0.39 is 0 Å². The molecule has 2 heterocycles. The molecule has 6 heteroatoms. The molecule has 2 rings (SSSR count). The summed E-state index contributed by atoms with van der Waals surface area (Å²) in [6.07, 6.45) is 0. The first-order valence-corrected chi connectivity index (χ1v) is 7.27. The van der Waals surface area contributed by atoms with Gasteiger partial charge in [-0.3, -0.25) is 9.69 Å². The highest BCUT2D eigenvalue weighted by molar-refractivity contribution is 9.10. The number of carbonyl (C=O) groups is 1. The summed E-state index contributed by atoms with van der Waals surface area (Å²) in [5.41, 5.74) is 0. The molecule has 0 fully saturated rings. The SMILES string of the molecule is CCN(CC)CCN1C(=O)COc2ccc(Br)nc21. The van der Waals surface area contributed by atoms with Crippen molar-refractivity contribution < 1.29 is 9.53 Å². The molecule has 104 valence electrons. The number of hydrogen-bond acceptors (Lipinski definition) is 4. The molecule has 1 aromatic heterocycles. The summed E-state index contributed by atoms with van der Waals surface area (Å²) in [4.78, 5) is 20.3. The van der Waals surface area contributed by atoms with E-state index >= 15 is 0 Å². The number of carbonyl (C=O) groups excluding carboxylic acids is 1. The van der Waals surface area contributed by atoms with Crippen LogP contribution in [0.4, 0.5) is 5.82 Å². The van der Waals surface area contributed by atoms with E-state index in [1.54, 1.807) is 4.90 Å². The number of anilines is 1. The van der Waals surface area contributed by atoms with Crippen molar-refractivity contribution in [1.29, 1.82) is 0 Å². The lowest BCUT2D eigenvalue weighted by atomic mass is 10.3. The van der Waals surface area contributed by atoms with Crippen molar-refractivity contribution in [3.05, 3.63) is 16.7 Å². The predicted octanol–water partition coefficient (Wildman–Crippen LogP) is 1.91. The molecule has 0 atom stereocenters. The summed E-state index contributed by atoms with van der Waals surface area (Å²) >= 11 is 3.33. The van der Waals surface area contributed by atoms with Crippen LogP contribution in [0.5, 0.6) is 5.75 Å². The standard InChI is InChI=1S/C13H18BrN3O2/c1-3-16(4-2)7-8-17-12(18)9-19-10-5-6-11(14)15-13(10)17/h5-6H,3-4,7-9H2,1-2H3. The first kappa shape index (κ1) is 14.3. The van der Waals surface area contributed by atoms with Crippen LogP contribution in [-0.2, 0) is 4.79 Å². The third-order valence-corrected chi connectivity index (χ3v) is 3.69. The highest BCUT2D eigenvalue weighted by Crippen LogP contribution is 2.31. The number of rotatable bonds is 5. The third kappa shape index (κ3) is 3.25. The van der Waals surface area contributed by atoms with Crippen molar-refractivity contribution in [2.24, 2.45) is 0 Å². The average molecular weight is 328 g/mol. The summed E-state index contributed by atoms with van der Waals surface area (Å²) in [6.45, 7) is 7.77. The van der Waals surface area contributed by atoms with Crippen LogP contribution < -0.4 is 9.64 Å². The molecule has 0 spiro atoms. The van der Waals surface area contributed by atoms with E-state index in [0.717, 1.165) is 19.6 Å². The molecule has 0 N–H and O–H groups in total. The number of halogens is 1. The number of amides is 1. The number of aromatic nitrogens is 1. The first-order valence-electron chi connectivity index (χ1n) is 6.47. The van der Waals surface area contributed by atoms with E-state index in [9.17, 15) is 4.79 Å². The van der Waals surface area contributed by atoms with Crippen LogP contribution in [0.1, 0.15) is 13.8 Å². The van der Waals surface area contributed by atoms with Gasteiger partial charge in [-0.1, -0.05) is 13.8 Å². The topological polar surface area (TPSA) is 45.7 Å². The van der Waals surface area contributed by atoms with E-state index in [0.29, 0.717) is 22.7 Å². The zero-order valence-corrected chi connectivity index (χ0v) is 12.8. The normalized spacial score (nSPS) is 14.5.